The molecule has 11 heteroatoms. The molecule has 0 aliphatic carbocycles. The van der Waals surface area contributed by atoms with E-state index >= 15 is 0 Å². The number of benzene rings is 1. The first-order chi connectivity index (χ1) is 34.5. The molecule has 1 rings (SSSR count). The molecule has 0 radical (unpaired) electrons. The smallest absolute Gasteiger partial charge is 0.251 e. The van der Waals surface area contributed by atoms with Crippen molar-refractivity contribution in [3.05, 3.63) is 48.1 Å². The van der Waals surface area contributed by atoms with E-state index in [0.29, 0.717) is 76.0 Å². The van der Waals surface area contributed by atoms with Gasteiger partial charge in [-0.15, -0.1) is 0 Å². The van der Waals surface area contributed by atoms with E-state index in [-0.39, 0.29) is 17.9 Å². The van der Waals surface area contributed by atoms with Gasteiger partial charge in [0.05, 0.1) is 19.3 Å². The summed E-state index contributed by atoms with van der Waals surface area (Å²) in [5.74, 6) is 1.04. The van der Waals surface area contributed by atoms with Crippen LogP contribution in [-0.4, -0.2) is 94.9 Å². The van der Waals surface area contributed by atoms with Crippen molar-refractivity contribution in [1.82, 2.24) is 20.9 Å². The Morgan fingerprint density at radius 3 is 1.41 bits per heavy atom. The highest BCUT2D eigenvalue weighted by Gasteiger charge is 2.18. The van der Waals surface area contributed by atoms with Crippen LogP contribution in [0.25, 0.3) is 0 Å². The second kappa shape index (κ2) is 51.0. The van der Waals surface area contributed by atoms with E-state index in [4.69, 9.17) is 26.7 Å². The van der Waals surface area contributed by atoms with Crippen molar-refractivity contribution in [3.63, 3.8) is 0 Å². The molecule has 0 aliphatic rings. The van der Waals surface area contributed by atoms with E-state index in [1.807, 2.05) is 18.2 Å². The van der Waals surface area contributed by atoms with E-state index in [2.05, 4.69) is 59.0 Å². The molecule has 406 valence electrons. The fraction of sp³-hybridized carbons (Fsp3) is 0.797. The van der Waals surface area contributed by atoms with Gasteiger partial charge < -0.3 is 47.5 Å². The summed E-state index contributed by atoms with van der Waals surface area (Å²) >= 11 is 0. The average Bonchev–Trinajstić information content (AvgIpc) is 3.37. The molecule has 0 heterocycles. The van der Waals surface area contributed by atoms with Crippen LogP contribution in [0.2, 0.25) is 0 Å². The van der Waals surface area contributed by atoms with Crippen molar-refractivity contribution in [1.29, 1.82) is 0 Å². The van der Waals surface area contributed by atoms with E-state index in [9.17, 15) is 9.59 Å². The number of unbranched alkanes of at least 4 members (excludes halogenated alkanes) is 24. The fourth-order valence-electron chi connectivity index (χ4n) is 8.72. The lowest BCUT2D eigenvalue weighted by Crippen LogP contribution is -2.47. The standard InChI is InChI=1S/C59H111N7O4/c1-3-5-7-9-11-13-15-17-19-21-23-25-27-29-31-33-51-69-56-41-40-54(53-57(56)70-52-34-32-30-28-26-24-22-20-18-16-14-12-10-8-6-4-2)58(67)64-46-47-65-59(68)55(63-45-36-42-60)39-35-48-66(49-37-43-61)50-38-44-62/h17-20,40-41,53,55,63H,3-16,21-39,42-52,60-62H2,1-2H3,(H,64,67)(H,65,68). The highest BCUT2D eigenvalue weighted by atomic mass is 16.5. The van der Waals surface area contributed by atoms with Gasteiger partial charge in [-0.2, -0.15) is 0 Å². The highest BCUT2D eigenvalue weighted by Crippen LogP contribution is 2.29. The molecule has 1 unspecified atom stereocenters. The third-order valence-corrected chi connectivity index (χ3v) is 13.2. The van der Waals surface area contributed by atoms with Gasteiger partial charge in [0, 0.05) is 18.7 Å². The number of amides is 2. The largest absolute Gasteiger partial charge is 0.490 e. The Hall–Kier alpha value is -2.96. The molecular weight excluding hydrogens is 871 g/mol. The molecule has 11 nitrogen and oxygen atoms in total. The summed E-state index contributed by atoms with van der Waals surface area (Å²) in [6.45, 7) is 11.7. The maximum atomic E-state index is 13.4. The summed E-state index contributed by atoms with van der Waals surface area (Å²) in [5.41, 5.74) is 17.8. The van der Waals surface area contributed by atoms with E-state index in [1.165, 1.54) is 154 Å². The molecule has 0 bridgehead atoms. The number of nitrogens with zero attached hydrogens (tertiary/aromatic N) is 1. The maximum Gasteiger partial charge on any atom is 0.251 e. The van der Waals surface area contributed by atoms with Gasteiger partial charge >= 0.3 is 0 Å². The quantitative estimate of drug-likeness (QED) is 0.0275. The first kappa shape index (κ1) is 65.1. The minimum Gasteiger partial charge on any atom is -0.490 e. The third kappa shape index (κ3) is 39.6. The molecule has 1 aromatic rings. The number of hydrogen-bond acceptors (Lipinski definition) is 9. The van der Waals surface area contributed by atoms with Gasteiger partial charge in [0.2, 0.25) is 5.91 Å². The van der Waals surface area contributed by atoms with Crippen molar-refractivity contribution in [2.24, 2.45) is 17.2 Å². The molecule has 2 amide bonds. The van der Waals surface area contributed by atoms with Crippen molar-refractivity contribution in [3.8, 4) is 11.5 Å². The lowest BCUT2D eigenvalue weighted by atomic mass is 10.1. The zero-order valence-corrected chi connectivity index (χ0v) is 45.5. The lowest BCUT2D eigenvalue weighted by Gasteiger charge is -2.24. The molecule has 0 spiro atoms. The normalized spacial score (nSPS) is 12.1. The number of allylic oxidation sites excluding steroid dienone is 4. The van der Waals surface area contributed by atoms with Crippen molar-refractivity contribution in [2.45, 2.75) is 232 Å². The third-order valence-electron chi connectivity index (χ3n) is 13.2. The Morgan fingerprint density at radius 2 is 0.929 bits per heavy atom. The van der Waals surface area contributed by atoms with E-state index < -0.39 is 0 Å². The number of nitrogens with two attached hydrogens (primary N) is 3. The molecule has 0 aliphatic heterocycles. The summed E-state index contributed by atoms with van der Waals surface area (Å²) in [6, 6.07) is 5.17. The van der Waals surface area contributed by atoms with Crippen LogP contribution in [0.1, 0.15) is 236 Å². The fourth-order valence-corrected chi connectivity index (χ4v) is 8.72. The molecule has 9 N–H and O–H groups in total. The predicted molar refractivity (Wildman–Crippen MR) is 300 cm³/mol. The molecule has 1 aromatic carbocycles. The van der Waals surface area contributed by atoms with Crippen molar-refractivity contribution >= 4 is 11.8 Å². The predicted octanol–water partition coefficient (Wildman–Crippen LogP) is 12.5. The van der Waals surface area contributed by atoms with Gasteiger partial charge in [-0.1, -0.05) is 154 Å². The number of rotatable bonds is 53. The molecule has 70 heavy (non-hydrogen) atoms. The van der Waals surface area contributed by atoms with Gasteiger partial charge in [0.15, 0.2) is 11.5 Å². The number of nitrogens with one attached hydrogen (secondary N) is 3. The Kier molecular flexibility index (Phi) is 47.4. The van der Waals surface area contributed by atoms with Crippen molar-refractivity contribution < 1.29 is 19.1 Å². The molecule has 0 saturated carbocycles. The lowest BCUT2D eigenvalue weighted by molar-refractivity contribution is -0.123. The first-order valence-corrected chi connectivity index (χ1v) is 29.3. The molecule has 0 saturated heterocycles. The van der Waals surface area contributed by atoms with Crippen LogP contribution in [0.4, 0.5) is 0 Å². The summed E-state index contributed by atoms with van der Waals surface area (Å²) in [4.78, 5) is 29.1. The Labute approximate surface area is 430 Å². The number of carbonyl (C=O) groups excluding carboxylic acids is 2. The second-order valence-corrected chi connectivity index (χ2v) is 19.7. The first-order valence-electron chi connectivity index (χ1n) is 29.3. The minimum absolute atomic E-state index is 0.0630. The minimum atomic E-state index is -0.330. The summed E-state index contributed by atoms with van der Waals surface area (Å²) < 4.78 is 12.6. The van der Waals surface area contributed by atoms with Crippen LogP contribution in [0.3, 0.4) is 0 Å². The van der Waals surface area contributed by atoms with Crippen LogP contribution >= 0.6 is 0 Å². The Morgan fingerprint density at radius 1 is 0.500 bits per heavy atom. The second-order valence-electron chi connectivity index (χ2n) is 19.7. The topological polar surface area (TPSA) is 170 Å². The Balaban J connectivity index is 2.62. The molecule has 1 atom stereocenters. The van der Waals surface area contributed by atoms with E-state index in [1.54, 1.807) is 0 Å². The SMILES string of the molecule is CCCCCCCCC=CCCCCCCCCOc1ccc(C(=O)NCCNC(=O)C(CCCN(CCCN)CCCN)NCCCN)cc1OCCCCCCCCC=CCCCCCCCC. The Bertz CT molecular complexity index is 1370. The number of hydrogen-bond donors (Lipinski definition) is 6. The van der Waals surface area contributed by atoms with E-state index in [0.717, 1.165) is 71.0 Å². The zero-order chi connectivity index (χ0) is 50.6. The summed E-state index contributed by atoms with van der Waals surface area (Å²) in [5, 5.41) is 9.43. The van der Waals surface area contributed by atoms with Gasteiger partial charge in [0.1, 0.15) is 0 Å². The summed E-state index contributed by atoms with van der Waals surface area (Å²) in [6.07, 6.45) is 49.3. The van der Waals surface area contributed by atoms with Gasteiger partial charge in [-0.25, -0.2) is 0 Å². The van der Waals surface area contributed by atoms with Crippen LogP contribution in [0.5, 0.6) is 11.5 Å². The number of ether oxygens (including phenoxy) is 2. The van der Waals surface area contributed by atoms with Crippen LogP contribution in [-0.2, 0) is 4.79 Å². The zero-order valence-electron chi connectivity index (χ0n) is 45.5. The molecular formula is C59H111N7O4. The van der Waals surface area contributed by atoms with Crippen molar-refractivity contribution in [2.75, 3.05) is 72.1 Å². The van der Waals surface area contributed by atoms with Crippen LogP contribution in [0.15, 0.2) is 42.5 Å². The molecule has 0 aromatic heterocycles. The van der Waals surface area contributed by atoms with Crippen LogP contribution < -0.4 is 42.6 Å². The maximum absolute atomic E-state index is 13.4. The van der Waals surface area contributed by atoms with Crippen LogP contribution in [0, 0.1) is 0 Å². The van der Waals surface area contributed by atoms with Gasteiger partial charge in [-0.05, 0) is 160 Å². The monoisotopic (exact) mass is 982 g/mol. The van der Waals surface area contributed by atoms with Gasteiger partial charge in [-0.3, -0.25) is 9.59 Å². The average molecular weight is 983 g/mol. The highest BCUT2D eigenvalue weighted by molar-refractivity contribution is 5.95. The van der Waals surface area contributed by atoms with Gasteiger partial charge in [0.25, 0.3) is 5.91 Å². The summed E-state index contributed by atoms with van der Waals surface area (Å²) in [7, 11) is 0. The number of carbonyl (C=O) groups is 2. The molecule has 0 fully saturated rings.